The fourth-order valence-corrected chi connectivity index (χ4v) is 3.41. The predicted octanol–water partition coefficient (Wildman–Crippen LogP) is 6.25. The van der Waals surface area contributed by atoms with Crippen molar-refractivity contribution < 1.29 is 57.6 Å². The van der Waals surface area contributed by atoms with Gasteiger partial charge in [-0.2, -0.15) is 24.3 Å². The van der Waals surface area contributed by atoms with Crippen molar-refractivity contribution in [2.45, 2.75) is 6.61 Å². The van der Waals surface area contributed by atoms with Gasteiger partial charge in [0.25, 0.3) is 0 Å². The van der Waals surface area contributed by atoms with Crippen LogP contribution in [0.5, 0.6) is 5.75 Å². The van der Waals surface area contributed by atoms with Gasteiger partial charge in [-0.15, -0.1) is 77.5 Å². The van der Waals surface area contributed by atoms with Crippen molar-refractivity contribution in [3.8, 4) is 39.5 Å². The maximum absolute atomic E-state index is 5.72. The number of fused-ring (bicyclic) bond motifs is 3. The van der Waals surface area contributed by atoms with Gasteiger partial charge in [-0.1, -0.05) is 17.7 Å². The largest absolute Gasteiger partial charge is 0.562 e. The second kappa shape index (κ2) is 12.8. The first-order valence-electron chi connectivity index (χ1n) is 10.3. The summed E-state index contributed by atoms with van der Waals surface area (Å²) in [6, 6.07) is 41.9. The van der Waals surface area contributed by atoms with Gasteiger partial charge in [0.1, 0.15) is 0 Å². The fourth-order valence-electron chi connectivity index (χ4n) is 3.41. The standard InChI is InChI=1S/C18H10NO.C11H8N.Ir.Y/c1-2-6-13(7-3-1)16-10-11-17-18(19-16)15-9-5-4-8-14(15)12-20-17;1-2-6-10(7-3-1)11-8-4-5-9-12-11;;/h1-6,8,11H,12H2;1-6,8-9H;;/q-3;-1;;. The van der Waals surface area contributed by atoms with E-state index in [-0.39, 0.29) is 52.8 Å². The molecule has 0 saturated heterocycles. The molecular weight excluding hydrogens is 673 g/mol. The first kappa shape index (κ1) is 26.1. The molecule has 5 aromatic rings. The topological polar surface area (TPSA) is 35.0 Å². The summed E-state index contributed by atoms with van der Waals surface area (Å²) in [4.78, 5) is 8.90. The molecule has 3 heterocycles. The molecule has 1 aliphatic heterocycles. The SMILES string of the molecule is [Ir].[Y].[c-]1ccccc1-c1[c-]cc2c(n1)-c1[c-]cccc1CO2.[c-]1ccccc1-c1ccccn1. The van der Waals surface area contributed by atoms with Gasteiger partial charge < -0.3 is 14.7 Å². The van der Waals surface area contributed by atoms with Crippen LogP contribution in [-0.2, 0) is 59.4 Å². The molecule has 3 aromatic carbocycles. The van der Waals surface area contributed by atoms with Gasteiger partial charge in [0.2, 0.25) is 0 Å². The van der Waals surface area contributed by atoms with Gasteiger partial charge in [-0.05, 0) is 17.5 Å². The Labute approximate surface area is 238 Å². The summed E-state index contributed by atoms with van der Waals surface area (Å²) >= 11 is 0. The van der Waals surface area contributed by atoms with E-state index >= 15 is 0 Å². The zero-order valence-corrected chi connectivity index (χ0v) is 23.4. The third-order valence-electron chi connectivity index (χ3n) is 4.97. The maximum Gasteiger partial charge on any atom is 0.0626 e. The number of hydrogen-bond donors (Lipinski definition) is 0. The van der Waals surface area contributed by atoms with Gasteiger partial charge in [0.15, 0.2) is 0 Å². The van der Waals surface area contributed by atoms with E-state index in [9.17, 15) is 0 Å². The number of nitrogens with zero attached hydrogens (tertiary/aromatic N) is 2. The monoisotopic (exact) mass is 692 g/mol. The van der Waals surface area contributed by atoms with Crippen LogP contribution < -0.4 is 4.74 Å². The summed E-state index contributed by atoms with van der Waals surface area (Å²) in [7, 11) is 0. The smallest absolute Gasteiger partial charge is 0.0626 e. The van der Waals surface area contributed by atoms with Gasteiger partial charge in [0, 0.05) is 64.8 Å². The molecule has 2 aromatic heterocycles. The van der Waals surface area contributed by atoms with Crippen molar-refractivity contribution >= 4 is 0 Å². The minimum Gasteiger partial charge on any atom is -0.562 e. The fraction of sp³-hybridized carbons (Fsp3) is 0.0345. The van der Waals surface area contributed by atoms with Crippen LogP contribution in [0.1, 0.15) is 5.56 Å². The molecule has 0 saturated carbocycles. The van der Waals surface area contributed by atoms with E-state index in [1.807, 2.05) is 91.0 Å². The quantitative estimate of drug-likeness (QED) is 0.206. The van der Waals surface area contributed by atoms with E-state index in [1.54, 1.807) is 6.20 Å². The molecule has 0 spiro atoms. The van der Waals surface area contributed by atoms with E-state index in [2.05, 4.69) is 34.2 Å². The van der Waals surface area contributed by atoms with Crippen LogP contribution in [0.15, 0.2) is 97.2 Å². The Kier molecular flexibility index (Phi) is 9.86. The average Bonchev–Trinajstić information content (AvgIpc) is 2.90. The molecule has 0 N–H and O–H groups in total. The van der Waals surface area contributed by atoms with E-state index < -0.39 is 0 Å². The second-order valence-corrected chi connectivity index (χ2v) is 7.09. The number of ether oxygens (including phenoxy) is 1. The van der Waals surface area contributed by atoms with Gasteiger partial charge >= 0.3 is 0 Å². The summed E-state index contributed by atoms with van der Waals surface area (Å²) < 4.78 is 5.72. The molecule has 5 heteroatoms. The summed E-state index contributed by atoms with van der Waals surface area (Å²) in [5, 5.41) is 0. The Morgan fingerprint density at radius 1 is 0.735 bits per heavy atom. The molecule has 0 bridgehead atoms. The summed E-state index contributed by atoms with van der Waals surface area (Å²) in [6.45, 7) is 0.562. The van der Waals surface area contributed by atoms with Crippen LogP contribution in [0.3, 0.4) is 0 Å². The molecule has 34 heavy (non-hydrogen) atoms. The van der Waals surface area contributed by atoms with Gasteiger partial charge in [0.05, 0.1) is 6.61 Å². The van der Waals surface area contributed by atoms with Crippen molar-refractivity contribution in [2.24, 2.45) is 0 Å². The zero-order valence-electron chi connectivity index (χ0n) is 18.2. The van der Waals surface area contributed by atoms with E-state index in [4.69, 9.17) is 4.74 Å². The average molecular weight is 692 g/mol. The molecule has 2 radical (unpaired) electrons. The predicted molar refractivity (Wildman–Crippen MR) is 124 cm³/mol. The first-order chi connectivity index (χ1) is 15.9. The van der Waals surface area contributed by atoms with E-state index in [0.717, 1.165) is 45.1 Å². The van der Waals surface area contributed by atoms with Crippen LogP contribution in [0.25, 0.3) is 33.8 Å². The Bertz CT molecular complexity index is 1280. The Hall–Kier alpha value is -2.49. The van der Waals surface area contributed by atoms with E-state index in [1.165, 1.54) is 0 Å². The Balaban J connectivity index is 0.000000201. The van der Waals surface area contributed by atoms with Crippen LogP contribution in [0, 0.1) is 24.3 Å². The van der Waals surface area contributed by atoms with Crippen LogP contribution in [0.4, 0.5) is 0 Å². The van der Waals surface area contributed by atoms with Crippen molar-refractivity contribution in [2.75, 3.05) is 0 Å². The van der Waals surface area contributed by atoms with E-state index in [0.29, 0.717) is 6.61 Å². The Morgan fingerprint density at radius 3 is 2.18 bits per heavy atom. The number of pyridine rings is 2. The van der Waals surface area contributed by atoms with Gasteiger partial charge in [-0.3, -0.25) is 0 Å². The van der Waals surface area contributed by atoms with Crippen LogP contribution >= 0.6 is 0 Å². The minimum absolute atomic E-state index is 0. The molecule has 0 unspecified atom stereocenters. The molecule has 0 atom stereocenters. The third-order valence-corrected chi connectivity index (χ3v) is 4.97. The minimum atomic E-state index is 0. The van der Waals surface area contributed by atoms with Gasteiger partial charge in [-0.25, -0.2) is 17.7 Å². The molecule has 6 rings (SSSR count). The Morgan fingerprint density at radius 2 is 1.47 bits per heavy atom. The molecular formula is C29H18IrN2OY-4. The molecule has 0 amide bonds. The molecule has 0 fully saturated rings. The maximum atomic E-state index is 5.72. The van der Waals surface area contributed by atoms with Crippen molar-refractivity contribution in [3.05, 3.63) is 127 Å². The summed E-state index contributed by atoms with van der Waals surface area (Å²) in [6.07, 6.45) is 1.79. The first-order valence-corrected chi connectivity index (χ1v) is 10.3. The molecule has 1 aliphatic rings. The summed E-state index contributed by atoms with van der Waals surface area (Å²) in [5.41, 5.74) is 6.67. The van der Waals surface area contributed by atoms with Crippen LogP contribution in [0.2, 0.25) is 0 Å². The molecule has 3 nitrogen and oxygen atoms in total. The molecule has 0 aliphatic carbocycles. The number of rotatable bonds is 2. The number of benzene rings is 3. The van der Waals surface area contributed by atoms with Crippen molar-refractivity contribution in [1.82, 2.24) is 9.97 Å². The molecule has 166 valence electrons. The summed E-state index contributed by atoms with van der Waals surface area (Å²) in [5.74, 6) is 0.764. The normalized spacial score (nSPS) is 10.6. The third kappa shape index (κ3) is 6.14. The van der Waals surface area contributed by atoms with Crippen LogP contribution in [-0.4, -0.2) is 9.97 Å². The van der Waals surface area contributed by atoms with Crippen molar-refractivity contribution in [1.29, 1.82) is 0 Å². The number of aromatic nitrogens is 2. The van der Waals surface area contributed by atoms with Crippen molar-refractivity contribution in [3.63, 3.8) is 0 Å². The second-order valence-electron chi connectivity index (χ2n) is 7.09. The zero-order chi connectivity index (χ0) is 21.6. The number of hydrogen-bond acceptors (Lipinski definition) is 3.